The molecule has 3 aromatic rings. The van der Waals surface area contributed by atoms with Crippen LogP contribution in [0.15, 0.2) is 84.9 Å². The molecule has 2 amide bonds. The summed E-state index contributed by atoms with van der Waals surface area (Å²) in [5, 5.41) is 11.8. The zero-order valence-electron chi connectivity index (χ0n) is 13.3. The van der Waals surface area contributed by atoms with Gasteiger partial charge in [-0.25, -0.2) is 0 Å². The Morgan fingerprint density at radius 3 is 1.68 bits per heavy atom. The van der Waals surface area contributed by atoms with Crippen LogP contribution < -0.4 is 10.2 Å². The molecule has 3 aromatic carbocycles. The third-order valence-corrected chi connectivity index (χ3v) is 3.55. The van der Waals surface area contributed by atoms with Crippen LogP contribution in [0.25, 0.3) is 0 Å². The number of hydrogen-bond donors (Lipinski definition) is 2. The van der Waals surface area contributed by atoms with E-state index in [1.54, 1.807) is 48.5 Å². The second-order valence-electron chi connectivity index (χ2n) is 5.31. The summed E-state index contributed by atoms with van der Waals surface area (Å²) in [6, 6.07) is 23.9. The molecular weight excluding hydrogens is 316 g/mol. The number of benzene rings is 3. The number of nitrogens with one attached hydrogen (secondary N) is 1. The Hall–Kier alpha value is -3.60. The van der Waals surface area contributed by atoms with Crippen molar-refractivity contribution in [3.63, 3.8) is 0 Å². The van der Waals surface area contributed by atoms with Gasteiger partial charge in [-0.3, -0.25) is 14.5 Å². The van der Waals surface area contributed by atoms with E-state index >= 15 is 0 Å². The Kier molecular flexibility index (Phi) is 4.76. The van der Waals surface area contributed by atoms with Gasteiger partial charge in [-0.15, -0.1) is 0 Å². The van der Waals surface area contributed by atoms with Crippen molar-refractivity contribution in [3.05, 3.63) is 84.9 Å². The van der Waals surface area contributed by atoms with Crippen molar-refractivity contribution in [1.82, 2.24) is 0 Å². The van der Waals surface area contributed by atoms with Crippen molar-refractivity contribution in [2.75, 3.05) is 10.2 Å². The van der Waals surface area contributed by atoms with E-state index in [-0.39, 0.29) is 5.75 Å². The van der Waals surface area contributed by atoms with Gasteiger partial charge in [0.2, 0.25) is 0 Å². The molecule has 25 heavy (non-hydrogen) atoms. The highest BCUT2D eigenvalue weighted by Gasteiger charge is 2.24. The highest BCUT2D eigenvalue weighted by molar-refractivity contribution is 6.45. The number of phenolic OH excluding ortho intramolecular Hbond substituents is 1. The number of para-hydroxylation sites is 2. The van der Waals surface area contributed by atoms with Crippen molar-refractivity contribution in [2.24, 2.45) is 0 Å². The molecule has 0 fully saturated rings. The van der Waals surface area contributed by atoms with Crippen molar-refractivity contribution < 1.29 is 14.7 Å². The quantitative estimate of drug-likeness (QED) is 0.567. The molecule has 0 spiro atoms. The molecule has 2 N–H and O–H groups in total. The van der Waals surface area contributed by atoms with Gasteiger partial charge in [0, 0.05) is 17.1 Å². The fraction of sp³-hybridized carbons (Fsp3) is 0. The first-order valence-corrected chi connectivity index (χ1v) is 7.70. The van der Waals surface area contributed by atoms with E-state index in [9.17, 15) is 14.7 Å². The lowest BCUT2D eigenvalue weighted by molar-refractivity contribution is -0.134. The van der Waals surface area contributed by atoms with Crippen LogP contribution in [0.1, 0.15) is 0 Å². The maximum Gasteiger partial charge on any atom is 0.321 e. The van der Waals surface area contributed by atoms with Gasteiger partial charge in [0.05, 0.1) is 0 Å². The summed E-state index contributed by atoms with van der Waals surface area (Å²) in [4.78, 5) is 26.6. The smallest absolute Gasteiger partial charge is 0.321 e. The number of rotatable bonds is 3. The van der Waals surface area contributed by atoms with E-state index < -0.39 is 11.8 Å². The Balaban J connectivity index is 1.89. The van der Waals surface area contributed by atoms with Gasteiger partial charge in [0.25, 0.3) is 0 Å². The molecule has 124 valence electrons. The average molecular weight is 332 g/mol. The first kappa shape index (κ1) is 16.3. The maximum absolute atomic E-state index is 12.8. The Morgan fingerprint density at radius 1 is 0.720 bits per heavy atom. The van der Waals surface area contributed by atoms with E-state index in [0.29, 0.717) is 17.1 Å². The zero-order chi connectivity index (χ0) is 17.6. The number of nitrogens with zero attached hydrogens (tertiary/aromatic N) is 1. The molecule has 0 aromatic heterocycles. The van der Waals surface area contributed by atoms with Crippen molar-refractivity contribution in [1.29, 1.82) is 0 Å². The molecule has 3 rings (SSSR count). The van der Waals surface area contributed by atoms with Crippen LogP contribution in [-0.4, -0.2) is 16.9 Å². The topological polar surface area (TPSA) is 69.6 Å². The van der Waals surface area contributed by atoms with E-state index in [2.05, 4.69) is 5.32 Å². The molecule has 0 heterocycles. The standard InChI is InChI=1S/C20H16N2O3/c23-18-13-11-15(12-14-18)21-19(24)20(25)22(16-7-3-1-4-8-16)17-9-5-2-6-10-17/h1-14,23H,(H,21,24). The van der Waals surface area contributed by atoms with Crippen LogP contribution in [0.3, 0.4) is 0 Å². The van der Waals surface area contributed by atoms with Crippen molar-refractivity contribution in [3.8, 4) is 5.75 Å². The molecule has 0 saturated carbocycles. The van der Waals surface area contributed by atoms with Gasteiger partial charge >= 0.3 is 11.8 Å². The van der Waals surface area contributed by atoms with Crippen LogP contribution in [0.2, 0.25) is 0 Å². The summed E-state index contributed by atoms with van der Waals surface area (Å²) < 4.78 is 0. The van der Waals surface area contributed by atoms with E-state index in [0.717, 1.165) is 0 Å². The average Bonchev–Trinajstić information content (AvgIpc) is 2.65. The molecule has 0 aliphatic carbocycles. The van der Waals surface area contributed by atoms with E-state index in [4.69, 9.17) is 0 Å². The fourth-order valence-corrected chi connectivity index (χ4v) is 2.37. The summed E-state index contributed by atoms with van der Waals surface area (Å²) in [7, 11) is 0. The highest BCUT2D eigenvalue weighted by Crippen LogP contribution is 2.25. The molecule has 0 radical (unpaired) electrons. The predicted octanol–water partition coefficient (Wildman–Crippen LogP) is 3.70. The monoisotopic (exact) mass is 332 g/mol. The second kappa shape index (κ2) is 7.31. The van der Waals surface area contributed by atoms with Gasteiger partial charge < -0.3 is 10.4 Å². The van der Waals surface area contributed by atoms with Crippen LogP contribution in [0.4, 0.5) is 17.1 Å². The summed E-state index contributed by atoms with van der Waals surface area (Å²) in [6.07, 6.45) is 0. The minimum absolute atomic E-state index is 0.0829. The Labute approximate surface area is 145 Å². The minimum atomic E-state index is -0.765. The van der Waals surface area contributed by atoms with Crippen LogP contribution in [-0.2, 0) is 9.59 Å². The molecule has 0 unspecified atom stereocenters. The number of aromatic hydroxyl groups is 1. The van der Waals surface area contributed by atoms with Crippen LogP contribution in [0.5, 0.6) is 5.75 Å². The predicted molar refractivity (Wildman–Crippen MR) is 96.8 cm³/mol. The number of carbonyl (C=O) groups excluding carboxylic acids is 2. The molecule has 0 aliphatic heterocycles. The van der Waals surface area contributed by atoms with Crippen molar-refractivity contribution in [2.45, 2.75) is 0 Å². The Morgan fingerprint density at radius 2 is 1.20 bits per heavy atom. The fourth-order valence-electron chi connectivity index (χ4n) is 2.37. The highest BCUT2D eigenvalue weighted by atomic mass is 16.3. The molecule has 5 nitrogen and oxygen atoms in total. The summed E-state index contributed by atoms with van der Waals surface area (Å²) in [6.45, 7) is 0. The zero-order valence-corrected chi connectivity index (χ0v) is 13.3. The minimum Gasteiger partial charge on any atom is -0.508 e. The number of hydrogen-bond acceptors (Lipinski definition) is 3. The lowest BCUT2D eigenvalue weighted by Gasteiger charge is -2.22. The summed E-state index contributed by atoms with van der Waals surface area (Å²) in [5.41, 5.74) is 1.62. The number of carbonyl (C=O) groups is 2. The Bertz CT molecular complexity index is 823. The normalized spacial score (nSPS) is 10.1. The molecular formula is C20H16N2O3. The van der Waals surface area contributed by atoms with Gasteiger partial charge in [0.15, 0.2) is 0 Å². The van der Waals surface area contributed by atoms with Crippen LogP contribution >= 0.6 is 0 Å². The van der Waals surface area contributed by atoms with Gasteiger partial charge in [-0.05, 0) is 48.5 Å². The largest absolute Gasteiger partial charge is 0.508 e. The third-order valence-electron chi connectivity index (χ3n) is 3.55. The first-order chi connectivity index (χ1) is 12.1. The summed E-state index contributed by atoms with van der Waals surface area (Å²) >= 11 is 0. The molecule has 5 heteroatoms. The molecule has 0 aliphatic rings. The van der Waals surface area contributed by atoms with Gasteiger partial charge in [-0.1, -0.05) is 36.4 Å². The van der Waals surface area contributed by atoms with Crippen LogP contribution in [0, 0.1) is 0 Å². The van der Waals surface area contributed by atoms with E-state index in [1.807, 2.05) is 12.1 Å². The van der Waals surface area contributed by atoms with Crippen molar-refractivity contribution >= 4 is 28.9 Å². The number of anilines is 3. The third kappa shape index (κ3) is 3.84. The van der Waals surface area contributed by atoms with Gasteiger partial charge in [0.1, 0.15) is 5.75 Å². The van der Waals surface area contributed by atoms with E-state index in [1.165, 1.54) is 29.2 Å². The molecule has 0 atom stereocenters. The number of amides is 2. The lowest BCUT2D eigenvalue weighted by Crippen LogP contribution is -2.36. The first-order valence-electron chi connectivity index (χ1n) is 7.70. The SMILES string of the molecule is O=C(Nc1ccc(O)cc1)C(=O)N(c1ccccc1)c1ccccc1. The lowest BCUT2D eigenvalue weighted by atomic mass is 10.2. The summed E-state index contributed by atoms with van der Waals surface area (Å²) in [5.74, 6) is -1.39. The second-order valence-corrected chi connectivity index (χ2v) is 5.31. The maximum atomic E-state index is 12.8. The molecule has 0 bridgehead atoms. The van der Waals surface area contributed by atoms with Gasteiger partial charge in [-0.2, -0.15) is 0 Å². The molecule has 0 saturated heterocycles. The number of phenols is 1.